The summed E-state index contributed by atoms with van der Waals surface area (Å²) in [5, 5.41) is 14.6. The van der Waals surface area contributed by atoms with Crippen LogP contribution in [0.25, 0.3) is 0 Å². The van der Waals surface area contributed by atoms with Gasteiger partial charge in [0.05, 0.1) is 5.60 Å². The lowest BCUT2D eigenvalue weighted by Crippen LogP contribution is -2.44. The summed E-state index contributed by atoms with van der Waals surface area (Å²) in [6.45, 7) is 5.72. The van der Waals surface area contributed by atoms with Gasteiger partial charge in [0, 0.05) is 12.0 Å². The Kier molecular flexibility index (Phi) is 4.95. The molecule has 18 heavy (non-hydrogen) atoms. The van der Waals surface area contributed by atoms with Crippen LogP contribution in [0.5, 0.6) is 0 Å². The van der Waals surface area contributed by atoms with Crippen LogP contribution in [0.1, 0.15) is 40.0 Å². The lowest BCUT2D eigenvalue weighted by Gasteiger charge is -2.22. The van der Waals surface area contributed by atoms with E-state index in [4.69, 9.17) is 15.7 Å². The summed E-state index contributed by atoms with van der Waals surface area (Å²) >= 11 is 0. The summed E-state index contributed by atoms with van der Waals surface area (Å²) in [4.78, 5) is 11.7. The number of nitrogens with one attached hydrogen (secondary N) is 1. The summed E-state index contributed by atoms with van der Waals surface area (Å²) in [5.74, 6) is -0.0457. The first-order valence-electron chi connectivity index (χ1n) is 6.24. The van der Waals surface area contributed by atoms with Gasteiger partial charge in [-0.2, -0.15) is 0 Å². The first-order chi connectivity index (χ1) is 8.33. The molecule has 1 aliphatic rings. The van der Waals surface area contributed by atoms with E-state index in [1.807, 2.05) is 20.8 Å². The lowest BCUT2D eigenvalue weighted by molar-refractivity contribution is -0.131. The van der Waals surface area contributed by atoms with E-state index in [-0.39, 0.29) is 35.9 Å². The summed E-state index contributed by atoms with van der Waals surface area (Å²) in [6, 6.07) is -0.0584. The highest BCUT2D eigenvalue weighted by Gasteiger charge is 2.31. The van der Waals surface area contributed by atoms with E-state index in [0.717, 1.165) is 19.3 Å². The number of nitrogens with two attached hydrogens (primary N) is 1. The van der Waals surface area contributed by atoms with E-state index in [0.29, 0.717) is 0 Å². The molecule has 0 aromatic heterocycles. The summed E-state index contributed by atoms with van der Waals surface area (Å²) in [6.07, 6.45) is 2.65. The van der Waals surface area contributed by atoms with Crippen LogP contribution in [-0.4, -0.2) is 35.2 Å². The zero-order valence-corrected chi connectivity index (χ0v) is 11.3. The Morgan fingerprint density at radius 3 is 2.72 bits per heavy atom. The molecule has 0 spiro atoms. The second-order valence-electron chi connectivity index (χ2n) is 5.64. The Hall–Kier alpha value is -1.30. The number of rotatable bonds is 4. The zero-order chi connectivity index (χ0) is 13.8. The van der Waals surface area contributed by atoms with Crippen LogP contribution in [0.2, 0.25) is 0 Å². The van der Waals surface area contributed by atoms with E-state index in [1.54, 1.807) is 0 Å². The molecule has 1 saturated carbocycles. The molecule has 1 aliphatic carbocycles. The summed E-state index contributed by atoms with van der Waals surface area (Å²) in [7, 11) is 0. The molecule has 0 aromatic carbocycles. The minimum atomic E-state index is -0.335. The number of amides is 1. The van der Waals surface area contributed by atoms with E-state index in [2.05, 4.69) is 10.5 Å². The van der Waals surface area contributed by atoms with Gasteiger partial charge in [-0.3, -0.25) is 4.79 Å². The van der Waals surface area contributed by atoms with Crippen LogP contribution in [0.15, 0.2) is 5.16 Å². The van der Waals surface area contributed by atoms with E-state index in [1.165, 1.54) is 0 Å². The van der Waals surface area contributed by atoms with Gasteiger partial charge in [-0.25, -0.2) is 0 Å². The Morgan fingerprint density at radius 1 is 1.50 bits per heavy atom. The topological polar surface area (TPSA) is 96.9 Å². The number of nitrogens with zero attached hydrogens (tertiary/aromatic N) is 1. The first-order valence-corrected chi connectivity index (χ1v) is 6.24. The highest BCUT2D eigenvalue weighted by Crippen LogP contribution is 2.25. The molecule has 1 rings (SSSR count). The van der Waals surface area contributed by atoms with Gasteiger partial charge in [-0.15, -0.1) is 0 Å². The van der Waals surface area contributed by atoms with Gasteiger partial charge in [-0.05, 0) is 33.6 Å². The van der Waals surface area contributed by atoms with Crippen molar-refractivity contribution in [1.82, 2.24) is 5.32 Å². The number of hydrogen-bond donors (Lipinski definition) is 3. The number of carbonyl (C=O) groups is 1. The number of oxime groups is 1. The van der Waals surface area contributed by atoms with E-state index < -0.39 is 0 Å². The maximum Gasteiger partial charge on any atom is 0.246 e. The van der Waals surface area contributed by atoms with Crippen molar-refractivity contribution in [3.63, 3.8) is 0 Å². The zero-order valence-electron chi connectivity index (χ0n) is 11.3. The largest absolute Gasteiger partial charge is 0.409 e. The molecular weight excluding hydrogens is 234 g/mol. The van der Waals surface area contributed by atoms with Crippen LogP contribution in [-0.2, 0) is 9.53 Å². The monoisotopic (exact) mass is 257 g/mol. The SMILES string of the molecule is CC(C)(C)OCC(=O)NC1CCCC1C(N)=NO. The van der Waals surface area contributed by atoms with Crippen LogP contribution >= 0.6 is 0 Å². The predicted molar refractivity (Wildman–Crippen MR) is 68.4 cm³/mol. The second kappa shape index (κ2) is 6.04. The normalized spacial score (nSPS) is 25.2. The van der Waals surface area contributed by atoms with Crippen molar-refractivity contribution in [3.8, 4) is 0 Å². The van der Waals surface area contributed by atoms with Crippen LogP contribution < -0.4 is 11.1 Å². The smallest absolute Gasteiger partial charge is 0.246 e. The van der Waals surface area contributed by atoms with Gasteiger partial charge in [0.1, 0.15) is 12.4 Å². The van der Waals surface area contributed by atoms with Crippen molar-refractivity contribution in [1.29, 1.82) is 0 Å². The Balaban J connectivity index is 2.44. The Bertz CT molecular complexity index is 323. The quantitative estimate of drug-likeness (QED) is 0.301. The van der Waals surface area contributed by atoms with Crippen molar-refractivity contribution in [2.75, 3.05) is 6.61 Å². The molecule has 1 fully saturated rings. The van der Waals surface area contributed by atoms with Crippen molar-refractivity contribution in [3.05, 3.63) is 0 Å². The highest BCUT2D eigenvalue weighted by molar-refractivity contribution is 5.84. The van der Waals surface area contributed by atoms with Gasteiger partial charge in [0.2, 0.25) is 5.91 Å². The minimum absolute atomic E-state index is 0.0306. The second-order valence-corrected chi connectivity index (χ2v) is 5.64. The highest BCUT2D eigenvalue weighted by atomic mass is 16.5. The van der Waals surface area contributed by atoms with Crippen LogP contribution in [0.3, 0.4) is 0 Å². The average molecular weight is 257 g/mol. The molecule has 0 bridgehead atoms. The third-order valence-electron chi connectivity index (χ3n) is 2.99. The Morgan fingerprint density at radius 2 is 2.17 bits per heavy atom. The van der Waals surface area contributed by atoms with Gasteiger partial charge in [0.25, 0.3) is 0 Å². The van der Waals surface area contributed by atoms with Crippen molar-refractivity contribution >= 4 is 11.7 Å². The molecular formula is C12H23N3O3. The summed E-state index contributed by atoms with van der Waals surface area (Å²) in [5.41, 5.74) is 5.27. The number of amidine groups is 1. The minimum Gasteiger partial charge on any atom is -0.409 e. The molecule has 0 aliphatic heterocycles. The molecule has 2 unspecified atom stereocenters. The third kappa shape index (κ3) is 4.52. The fourth-order valence-corrected chi connectivity index (χ4v) is 2.09. The van der Waals surface area contributed by atoms with E-state index in [9.17, 15) is 4.79 Å². The maximum atomic E-state index is 11.7. The molecule has 0 radical (unpaired) electrons. The van der Waals surface area contributed by atoms with Crippen molar-refractivity contribution in [2.24, 2.45) is 16.8 Å². The molecule has 0 heterocycles. The van der Waals surface area contributed by atoms with Gasteiger partial charge in [-0.1, -0.05) is 11.6 Å². The Labute approximate surface area is 108 Å². The molecule has 4 N–H and O–H groups in total. The van der Waals surface area contributed by atoms with Crippen molar-refractivity contribution < 1.29 is 14.7 Å². The molecule has 104 valence electrons. The van der Waals surface area contributed by atoms with Crippen molar-refractivity contribution in [2.45, 2.75) is 51.7 Å². The molecule has 0 aromatic rings. The standard InChI is InChI=1S/C12H23N3O3/c1-12(2,3)18-7-10(16)14-9-6-4-5-8(9)11(13)15-17/h8-9,17H,4-7H2,1-3H3,(H2,13,15)(H,14,16). The fourth-order valence-electron chi connectivity index (χ4n) is 2.09. The van der Waals surface area contributed by atoms with Crippen LogP contribution in [0, 0.1) is 5.92 Å². The average Bonchev–Trinajstić information content (AvgIpc) is 2.72. The fraction of sp³-hybridized carbons (Fsp3) is 0.833. The first kappa shape index (κ1) is 14.8. The van der Waals surface area contributed by atoms with Gasteiger partial charge in [0.15, 0.2) is 0 Å². The molecule has 6 nitrogen and oxygen atoms in total. The van der Waals surface area contributed by atoms with Gasteiger partial charge >= 0.3 is 0 Å². The molecule has 2 atom stereocenters. The van der Waals surface area contributed by atoms with E-state index >= 15 is 0 Å². The lowest BCUT2D eigenvalue weighted by atomic mass is 10.0. The van der Waals surface area contributed by atoms with Gasteiger partial charge < -0.3 is 21.0 Å². The number of hydrogen-bond acceptors (Lipinski definition) is 4. The van der Waals surface area contributed by atoms with Crippen LogP contribution in [0.4, 0.5) is 0 Å². The number of carbonyl (C=O) groups excluding carboxylic acids is 1. The number of ether oxygens (including phenoxy) is 1. The maximum absolute atomic E-state index is 11.7. The molecule has 1 amide bonds. The third-order valence-corrected chi connectivity index (χ3v) is 2.99. The predicted octanol–water partition coefficient (Wildman–Crippen LogP) is 0.833. The summed E-state index contributed by atoms with van der Waals surface area (Å²) < 4.78 is 5.40. The molecule has 0 saturated heterocycles. The molecule has 6 heteroatoms.